The summed E-state index contributed by atoms with van der Waals surface area (Å²) in [7, 11) is -4.00. The number of Topliss-reactive ketones (excluding diaryl/α,β-unsaturated/α-hetero) is 1. The smallest absolute Gasteiger partial charge is 0.339 e. The summed E-state index contributed by atoms with van der Waals surface area (Å²) in [5, 5.41) is 2.34. The summed E-state index contributed by atoms with van der Waals surface area (Å²) in [5.41, 5.74) is 0.206. The lowest BCUT2D eigenvalue weighted by Crippen LogP contribution is -2.50. The molecule has 24 heavy (non-hydrogen) atoms. The maximum Gasteiger partial charge on any atom is 0.356 e. The Balaban J connectivity index is 3.33. The average molecular weight is 396 g/mol. The van der Waals surface area contributed by atoms with Gasteiger partial charge in [-0.25, -0.2) is 0 Å². The van der Waals surface area contributed by atoms with Gasteiger partial charge in [-0.1, -0.05) is 53.5 Å². The molecule has 0 heterocycles. The predicted molar refractivity (Wildman–Crippen MR) is 93.7 cm³/mol. The van der Waals surface area contributed by atoms with Crippen molar-refractivity contribution in [2.75, 3.05) is 13.2 Å². The first kappa shape index (κ1) is 21.1. The molecule has 0 fully saturated rings. The fourth-order valence-electron chi connectivity index (χ4n) is 2.01. The minimum atomic E-state index is -4.00. The van der Waals surface area contributed by atoms with Crippen LogP contribution >= 0.6 is 30.8 Å². The van der Waals surface area contributed by atoms with Crippen LogP contribution in [0.2, 0.25) is 0 Å². The van der Waals surface area contributed by atoms with E-state index in [1.807, 2.05) is 0 Å². The lowest BCUT2D eigenvalue weighted by Gasteiger charge is -2.33. The van der Waals surface area contributed by atoms with Crippen LogP contribution in [0.15, 0.2) is 30.3 Å². The number of amides is 1. The van der Waals surface area contributed by atoms with E-state index in [4.69, 9.17) is 32.2 Å². The molecular weight excluding hydrogens is 376 g/mol. The van der Waals surface area contributed by atoms with E-state index in [0.717, 1.165) is 0 Å². The molecule has 0 aromatic heterocycles. The van der Waals surface area contributed by atoms with Gasteiger partial charge in [0, 0.05) is 12.5 Å². The summed E-state index contributed by atoms with van der Waals surface area (Å²) >= 11 is 12.5. The van der Waals surface area contributed by atoms with E-state index in [0.29, 0.717) is 0 Å². The van der Waals surface area contributed by atoms with E-state index in [1.165, 1.54) is 19.1 Å². The molecule has 0 aliphatic heterocycles. The lowest BCUT2D eigenvalue weighted by molar-refractivity contribution is -0.119. The Morgan fingerprint density at radius 3 is 2.08 bits per heavy atom. The van der Waals surface area contributed by atoms with Crippen molar-refractivity contribution >= 4 is 42.5 Å². The molecule has 1 atom stereocenters. The second-order valence-electron chi connectivity index (χ2n) is 4.80. The zero-order valence-corrected chi connectivity index (χ0v) is 16.0. The Labute approximate surface area is 151 Å². The van der Waals surface area contributed by atoms with Gasteiger partial charge in [0.2, 0.25) is 16.0 Å². The Kier molecular flexibility index (Phi) is 7.90. The molecule has 6 nitrogen and oxygen atoms in total. The van der Waals surface area contributed by atoms with Gasteiger partial charge in [-0.15, -0.1) is 0 Å². The molecule has 0 saturated carbocycles. The van der Waals surface area contributed by atoms with Crippen molar-refractivity contribution in [3.8, 4) is 0 Å². The van der Waals surface area contributed by atoms with E-state index >= 15 is 0 Å². The van der Waals surface area contributed by atoms with E-state index in [2.05, 4.69) is 5.32 Å². The number of ketones is 1. The Morgan fingerprint density at radius 2 is 1.67 bits per heavy atom. The lowest BCUT2D eigenvalue weighted by atomic mass is 10.1. The van der Waals surface area contributed by atoms with Gasteiger partial charge in [-0.05, 0) is 13.8 Å². The van der Waals surface area contributed by atoms with Crippen LogP contribution in [-0.4, -0.2) is 35.0 Å². The molecule has 0 bridgehead atoms. The van der Waals surface area contributed by atoms with Gasteiger partial charge in [0.05, 0.1) is 13.2 Å². The van der Waals surface area contributed by atoms with Crippen LogP contribution in [0, 0.1) is 0 Å². The second-order valence-corrected chi connectivity index (χ2v) is 8.29. The highest BCUT2D eigenvalue weighted by molar-refractivity contribution is 7.55. The Bertz CT molecular complexity index is 614. The van der Waals surface area contributed by atoms with Crippen molar-refractivity contribution in [1.82, 2.24) is 5.32 Å². The van der Waals surface area contributed by atoms with Crippen molar-refractivity contribution < 1.29 is 23.2 Å². The highest BCUT2D eigenvalue weighted by Crippen LogP contribution is 2.58. The largest absolute Gasteiger partial charge is 0.356 e. The summed E-state index contributed by atoms with van der Waals surface area (Å²) in [6, 6.07) is 8.01. The highest BCUT2D eigenvalue weighted by Gasteiger charge is 2.54. The third-order valence-electron chi connectivity index (χ3n) is 2.96. The molecule has 0 aliphatic carbocycles. The van der Waals surface area contributed by atoms with Gasteiger partial charge in [-0.3, -0.25) is 14.2 Å². The first-order chi connectivity index (χ1) is 11.2. The number of halogens is 2. The Morgan fingerprint density at radius 1 is 1.17 bits per heavy atom. The van der Waals surface area contributed by atoms with Gasteiger partial charge in [0.15, 0.2) is 5.78 Å². The summed E-state index contributed by atoms with van der Waals surface area (Å²) < 4.78 is 21.2. The number of alkyl halides is 2. The van der Waals surface area contributed by atoms with Crippen molar-refractivity contribution in [2.24, 2.45) is 0 Å². The standard InChI is InChI=1S/C15H20Cl2NO5P/c1-4-22-24(21,23-5-2)14(18-11(3)19)15(16,17)13(20)12-9-7-6-8-10-12/h6-10,14H,4-5H2,1-3H3,(H,18,19). The van der Waals surface area contributed by atoms with Crippen molar-refractivity contribution in [2.45, 2.75) is 30.9 Å². The minimum absolute atomic E-state index is 0.0246. The van der Waals surface area contributed by atoms with E-state index < -0.39 is 29.4 Å². The quantitative estimate of drug-likeness (QED) is 0.390. The zero-order valence-electron chi connectivity index (χ0n) is 13.6. The van der Waals surface area contributed by atoms with Gasteiger partial charge in [0.25, 0.3) is 0 Å². The topological polar surface area (TPSA) is 81.7 Å². The van der Waals surface area contributed by atoms with E-state index in [9.17, 15) is 14.2 Å². The highest BCUT2D eigenvalue weighted by atomic mass is 35.5. The van der Waals surface area contributed by atoms with Gasteiger partial charge < -0.3 is 14.4 Å². The molecule has 1 amide bonds. The molecule has 1 rings (SSSR count). The fraction of sp³-hybridized carbons (Fsp3) is 0.467. The molecule has 0 radical (unpaired) electrons. The monoisotopic (exact) mass is 395 g/mol. The summed E-state index contributed by atoms with van der Waals surface area (Å²) in [4.78, 5) is 24.2. The van der Waals surface area contributed by atoms with Crippen LogP contribution in [0.5, 0.6) is 0 Å². The zero-order chi connectivity index (χ0) is 18.4. The SMILES string of the molecule is CCOP(=O)(OCC)C(NC(C)=O)C(Cl)(Cl)C(=O)c1ccccc1. The van der Waals surface area contributed by atoms with Crippen molar-refractivity contribution in [1.29, 1.82) is 0 Å². The molecule has 9 heteroatoms. The molecule has 0 saturated heterocycles. The van der Waals surface area contributed by atoms with Crippen LogP contribution in [0.25, 0.3) is 0 Å². The number of hydrogen-bond donors (Lipinski definition) is 1. The molecule has 1 N–H and O–H groups in total. The molecule has 1 unspecified atom stereocenters. The maximum atomic E-state index is 13.1. The number of benzene rings is 1. The van der Waals surface area contributed by atoms with Crippen LogP contribution in [-0.2, 0) is 18.4 Å². The average Bonchev–Trinajstić information content (AvgIpc) is 2.52. The normalized spacial score (nSPS) is 13.4. The van der Waals surface area contributed by atoms with Crippen molar-refractivity contribution in [3.63, 3.8) is 0 Å². The third-order valence-corrected chi connectivity index (χ3v) is 6.43. The summed E-state index contributed by atoms with van der Waals surface area (Å²) in [6.07, 6.45) is 0. The first-order valence-electron chi connectivity index (χ1n) is 7.32. The van der Waals surface area contributed by atoms with Gasteiger partial charge in [0.1, 0.15) is 0 Å². The summed E-state index contributed by atoms with van der Waals surface area (Å²) in [6.45, 7) is 4.43. The number of nitrogens with one attached hydrogen (secondary N) is 1. The number of rotatable bonds is 9. The van der Waals surface area contributed by atoms with E-state index in [1.54, 1.807) is 32.0 Å². The minimum Gasteiger partial charge on any atom is -0.339 e. The molecule has 0 aliphatic rings. The van der Waals surface area contributed by atoms with Crippen LogP contribution in [0.4, 0.5) is 0 Å². The van der Waals surface area contributed by atoms with Gasteiger partial charge in [-0.2, -0.15) is 0 Å². The number of carbonyl (C=O) groups excluding carboxylic acids is 2. The summed E-state index contributed by atoms with van der Waals surface area (Å²) in [5.74, 6) is -2.85. The predicted octanol–water partition coefficient (Wildman–Crippen LogP) is 3.77. The van der Waals surface area contributed by atoms with E-state index in [-0.39, 0.29) is 18.8 Å². The molecular formula is C15H20Cl2NO5P. The molecule has 134 valence electrons. The third kappa shape index (κ3) is 5.04. The van der Waals surface area contributed by atoms with Gasteiger partial charge >= 0.3 is 7.60 Å². The molecule has 0 spiro atoms. The van der Waals surface area contributed by atoms with Crippen LogP contribution in [0.1, 0.15) is 31.1 Å². The molecule has 1 aromatic carbocycles. The molecule has 1 aromatic rings. The van der Waals surface area contributed by atoms with Crippen LogP contribution < -0.4 is 5.32 Å². The van der Waals surface area contributed by atoms with Crippen molar-refractivity contribution in [3.05, 3.63) is 35.9 Å². The maximum absolute atomic E-state index is 13.1. The number of hydrogen-bond acceptors (Lipinski definition) is 5. The number of carbonyl (C=O) groups is 2. The fourth-order valence-corrected chi connectivity index (χ4v) is 5.00. The Hall–Kier alpha value is -0.910. The second kappa shape index (κ2) is 8.97. The van der Waals surface area contributed by atoms with Crippen LogP contribution in [0.3, 0.4) is 0 Å². The first-order valence-corrected chi connectivity index (χ1v) is 9.69.